The van der Waals surface area contributed by atoms with Crippen LogP contribution in [-0.4, -0.2) is 23.2 Å². The van der Waals surface area contributed by atoms with Crippen molar-refractivity contribution < 1.29 is 23.8 Å². The largest absolute Gasteiger partial charge is 0.507 e. The minimum atomic E-state index is -0.426. The molecule has 2 aromatic carbocycles. The Labute approximate surface area is 176 Å². The summed E-state index contributed by atoms with van der Waals surface area (Å²) in [6.07, 6.45) is 4.72. The molecule has 2 aromatic heterocycles. The van der Waals surface area contributed by atoms with Crippen LogP contribution in [0.1, 0.15) is 23.5 Å². The Balaban J connectivity index is 1.75. The number of methoxy groups -OCH3 is 1. The molecule has 154 valence electrons. The highest BCUT2D eigenvalue weighted by Crippen LogP contribution is 2.45. The third kappa shape index (κ3) is 3.11. The molecule has 0 saturated carbocycles. The fourth-order valence-electron chi connectivity index (χ4n) is 3.98. The van der Waals surface area contributed by atoms with Gasteiger partial charge in [-0.25, -0.2) is 0 Å². The van der Waals surface area contributed by atoms with E-state index in [0.717, 1.165) is 5.56 Å². The van der Waals surface area contributed by atoms with Crippen LogP contribution >= 0.6 is 0 Å². The molecule has 0 bridgehead atoms. The van der Waals surface area contributed by atoms with Gasteiger partial charge in [-0.3, -0.25) is 14.6 Å². The molecule has 1 unspecified atom stereocenters. The minimum Gasteiger partial charge on any atom is -0.507 e. The lowest BCUT2D eigenvalue weighted by Crippen LogP contribution is -2.22. The van der Waals surface area contributed by atoms with Gasteiger partial charge in [-0.1, -0.05) is 12.1 Å². The van der Waals surface area contributed by atoms with Gasteiger partial charge < -0.3 is 19.0 Å². The number of carbonyl (C=O) groups is 1. The van der Waals surface area contributed by atoms with Gasteiger partial charge in [-0.05, 0) is 35.4 Å². The topological polar surface area (TPSA) is 98.9 Å². The number of aromatic nitrogens is 1. The smallest absolute Gasteiger partial charge is 0.312 e. The summed E-state index contributed by atoms with van der Waals surface area (Å²) in [6.45, 7) is 0. The monoisotopic (exact) mass is 415 g/mol. The predicted molar refractivity (Wildman–Crippen MR) is 112 cm³/mol. The summed E-state index contributed by atoms with van der Waals surface area (Å²) in [5, 5.41) is 10.7. The number of carbonyl (C=O) groups excluding carboxylic acids is 1. The molecule has 31 heavy (non-hydrogen) atoms. The number of hydrogen-bond donors (Lipinski definition) is 1. The van der Waals surface area contributed by atoms with E-state index in [-0.39, 0.29) is 34.3 Å². The Morgan fingerprint density at radius 3 is 2.55 bits per heavy atom. The van der Waals surface area contributed by atoms with Crippen LogP contribution in [0.2, 0.25) is 0 Å². The van der Waals surface area contributed by atoms with Crippen molar-refractivity contribution in [3.05, 3.63) is 82.5 Å². The molecular formula is C24H17NO6. The maximum Gasteiger partial charge on any atom is 0.312 e. The highest BCUT2D eigenvalue weighted by Gasteiger charge is 2.33. The predicted octanol–water partition coefficient (Wildman–Crippen LogP) is 4.01. The number of phenolic OH excluding ortho intramolecular Hbond substituents is 1. The van der Waals surface area contributed by atoms with Gasteiger partial charge in [0.25, 0.3) is 0 Å². The van der Waals surface area contributed by atoms with Crippen LogP contribution < -0.4 is 14.9 Å². The summed E-state index contributed by atoms with van der Waals surface area (Å²) in [5.41, 5.74) is 2.15. The van der Waals surface area contributed by atoms with Crippen molar-refractivity contribution in [1.29, 1.82) is 0 Å². The molecule has 5 rings (SSSR count). The molecule has 1 aliphatic rings. The lowest BCUT2D eigenvalue weighted by molar-refractivity contribution is -0.135. The summed E-state index contributed by atoms with van der Waals surface area (Å²) >= 11 is 0. The summed E-state index contributed by atoms with van der Waals surface area (Å²) in [4.78, 5) is 29.5. The van der Waals surface area contributed by atoms with Gasteiger partial charge in [0.2, 0.25) is 5.43 Å². The van der Waals surface area contributed by atoms with Crippen LogP contribution in [0.3, 0.4) is 0 Å². The first kappa shape index (κ1) is 18.9. The molecule has 4 aromatic rings. The second-order valence-electron chi connectivity index (χ2n) is 7.23. The minimum absolute atomic E-state index is 0.0454. The fourth-order valence-corrected chi connectivity index (χ4v) is 3.98. The summed E-state index contributed by atoms with van der Waals surface area (Å²) in [5.74, 6) is -0.278. The van der Waals surface area contributed by atoms with E-state index >= 15 is 0 Å². The van der Waals surface area contributed by atoms with Crippen LogP contribution in [0.4, 0.5) is 0 Å². The lowest BCUT2D eigenvalue weighted by Gasteiger charge is -2.25. The molecular weight excluding hydrogens is 398 g/mol. The number of nitrogens with zero attached hydrogens (tertiary/aromatic N) is 1. The van der Waals surface area contributed by atoms with Crippen LogP contribution in [-0.2, 0) is 4.79 Å². The number of rotatable bonds is 3. The SMILES string of the molecule is COc1ccc(-c2coc3c4c(cc(O)c3c2=O)OC(=O)CC4c2ccncc2)cc1. The molecule has 0 saturated heterocycles. The number of fused-ring (bicyclic) bond motifs is 3. The molecule has 1 atom stereocenters. The Bertz CT molecular complexity index is 1360. The first-order valence-electron chi connectivity index (χ1n) is 9.63. The summed E-state index contributed by atoms with van der Waals surface area (Å²) in [7, 11) is 1.56. The number of esters is 1. The summed E-state index contributed by atoms with van der Waals surface area (Å²) < 4.78 is 16.4. The van der Waals surface area contributed by atoms with Crippen molar-refractivity contribution in [3.8, 4) is 28.4 Å². The molecule has 7 nitrogen and oxygen atoms in total. The Hall–Kier alpha value is -4.13. The number of phenols is 1. The molecule has 0 spiro atoms. The third-order valence-corrected chi connectivity index (χ3v) is 5.48. The average Bonchev–Trinajstić information content (AvgIpc) is 2.79. The second-order valence-corrected chi connectivity index (χ2v) is 7.23. The van der Waals surface area contributed by atoms with Crippen LogP contribution in [0, 0.1) is 0 Å². The Morgan fingerprint density at radius 1 is 1.10 bits per heavy atom. The van der Waals surface area contributed by atoms with Crippen molar-refractivity contribution in [1.82, 2.24) is 4.98 Å². The van der Waals surface area contributed by atoms with Crippen molar-refractivity contribution in [2.24, 2.45) is 0 Å². The molecule has 1 N–H and O–H groups in total. The molecule has 3 heterocycles. The van der Waals surface area contributed by atoms with Crippen molar-refractivity contribution in [3.63, 3.8) is 0 Å². The molecule has 0 fully saturated rings. The van der Waals surface area contributed by atoms with E-state index in [9.17, 15) is 14.7 Å². The van der Waals surface area contributed by atoms with E-state index in [2.05, 4.69) is 4.98 Å². The van der Waals surface area contributed by atoms with Crippen molar-refractivity contribution in [2.45, 2.75) is 12.3 Å². The van der Waals surface area contributed by atoms with Gasteiger partial charge in [-0.2, -0.15) is 0 Å². The fraction of sp³-hybridized carbons (Fsp3) is 0.125. The zero-order valence-corrected chi connectivity index (χ0v) is 16.5. The average molecular weight is 415 g/mol. The zero-order chi connectivity index (χ0) is 21.5. The van der Waals surface area contributed by atoms with Gasteiger partial charge in [-0.15, -0.1) is 0 Å². The second kappa shape index (κ2) is 7.28. The number of ether oxygens (including phenoxy) is 2. The van der Waals surface area contributed by atoms with Gasteiger partial charge in [0.05, 0.1) is 19.1 Å². The lowest BCUT2D eigenvalue weighted by atomic mass is 9.85. The van der Waals surface area contributed by atoms with Gasteiger partial charge in [0, 0.05) is 29.9 Å². The number of aromatic hydroxyl groups is 1. The standard InChI is InChI=1S/C24H17NO6/c1-29-15-4-2-13(3-5-15)17-12-30-24-21-16(14-6-8-25-9-7-14)10-20(27)31-19(21)11-18(26)22(24)23(17)28/h2-9,11-12,16,26H,10H2,1H3. The number of hydrogen-bond acceptors (Lipinski definition) is 7. The quantitative estimate of drug-likeness (QED) is 0.399. The van der Waals surface area contributed by atoms with E-state index in [4.69, 9.17) is 13.9 Å². The number of benzene rings is 2. The van der Waals surface area contributed by atoms with E-state index in [1.54, 1.807) is 55.9 Å². The van der Waals surface area contributed by atoms with Gasteiger partial charge in [0.15, 0.2) is 0 Å². The van der Waals surface area contributed by atoms with Crippen LogP contribution in [0.5, 0.6) is 17.2 Å². The van der Waals surface area contributed by atoms with Gasteiger partial charge in [0.1, 0.15) is 34.5 Å². The van der Waals surface area contributed by atoms with Crippen LogP contribution in [0.25, 0.3) is 22.1 Å². The Kier molecular flexibility index (Phi) is 4.43. The van der Waals surface area contributed by atoms with E-state index < -0.39 is 11.9 Å². The number of pyridine rings is 1. The van der Waals surface area contributed by atoms with Gasteiger partial charge >= 0.3 is 5.97 Å². The maximum absolute atomic E-state index is 13.3. The Morgan fingerprint density at radius 2 is 1.84 bits per heavy atom. The first-order valence-corrected chi connectivity index (χ1v) is 9.63. The molecule has 1 aliphatic heterocycles. The molecule has 0 amide bonds. The molecule has 0 radical (unpaired) electrons. The van der Waals surface area contributed by atoms with E-state index in [1.165, 1.54) is 12.3 Å². The third-order valence-electron chi connectivity index (χ3n) is 5.48. The van der Waals surface area contributed by atoms with E-state index in [0.29, 0.717) is 22.4 Å². The highest BCUT2D eigenvalue weighted by atomic mass is 16.5. The highest BCUT2D eigenvalue weighted by molar-refractivity contribution is 5.94. The zero-order valence-electron chi connectivity index (χ0n) is 16.5. The maximum atomic E-state index is 13.3. The van der Waals surface area contributed by atoms with Crippen molar-refractivity contribution >= 4 is 16.9 Å². The van der Waals surface area contributed by atoms with Crippen LogP contribution in [0.15, 0.2) is 70.3 Å². The normalized spacial score (nSPS) is 15.4. The summed E-state index contributed by atoms with van der Waals surface area (Å²) in [6, 6.07) is 11.9. The van der Waals surface area contributed by atoms with Crippen molar-refractivity contribution in [2.75, 3.05) is 7.11 Å². The molecule has 7 heteroatoms. The molecule has 0 aliphatic carbocycles. The van der Waals surface area contributed by atoms with E-state index in [1.807, 2.05) is 0 Å². The first-order chi connectivity index (χ1) is 15.1.